The van der Waals surface area contributed by atoms with Crippen molar-refractivity contribution in [2.24, 2.45) is 0 Å². The van der Waals surface area contributed by atoms with Crippen molar-refractivity contribution < 1.29 is 9.69 Å². The van der Waals surface area contributed by atoms with Crippen molar-refractivity contribution >= 4 is 40.3 Å². The number of hydrogen-bond donors (Lipinski definition) is 3. The lowest BCUT2D eigenvalue weighted by atomic mass is 10.1. The Hall–Kier alpha value is -2.55. The summed E-state index contributed by atoms with van der Waals surface area (Å²) in [6, 6.07) is 15.8. The lowest BCUT2D eigenvalue weighted by Crippen LogP contribution is -3.07. The van der Waals surface area contributed by atoms with E-state index in [0.717, 1.165) is 26.9 Å². The zero-order valence-electron chi connectivity index (χ0n) is 16.2. The summed E-state index contributed by atoms with van der Waals surface area (Å²) in [6.07, 6.45) is 0. The molecule has 0 spiro atoms. The summed E-state index contributed by atoms with van der Waals surface area (Å²) in [4.78, 5) is 12.9. The molecule has 146 valence electrons. The molecule has 1 unspecified atom stereocenters. The number of carbonyl (C=O) groups excluding carboxylic acids is 1. The average Bonchev–Trinajstić information content (AvgIpc) is 3.02. The molecule has 0 aliphatic carbocycles. The number of aryl methyl sites for hydroxylation is 1. The van der Waals surface area contributed by atoms with Crippen molar-refractivity contribution in [1.82, 2.24) is 15.1 Å². The summed E-state index contributed by atoms with van der Waals surface area (Å²) in [5, 5.41) is 11.3. The molecule has 3 rings (SSSR count). The summed E-state index contributed by atoms with van der Waals surface area (Å²) in [7, 11) is 3.73. The van der Waals surface area contributed by atoms with Gasteiger partial charge in [-0.25, -0.2) is 0 Å². The first kappa shape index (κ1) is 20.2. The molecule has 0 aliphatic rings. The molecule has 3 N–H and O–H groups in total. The van der Waals surface area contributed by atoms with Crippen LogP contribution in [0.2, 0.25) is 0 Å². The van der Waals surface area contributed by atoms with Gasteiger partial charge in [0.15, 0.2) is 10.6 Å². The number of benzene rings is 2. The van der Waals surface area contributed by atoms with Crippen LogP contribution >= 0.6 is 23.6 Å². The van der Waals surface area contributed by atoms with Crippen LogP contribution in [0.4, 0.5) is 10.8 Å². The molecule has 1 heterocycles. The molecule has 0 aliphatic heterocycles. The molecular weight excluding hydrogens is 390 g/mol. The van der Waals surface area contributed by atoms with Gasteiger partial charge in [-0.05, 0) is 43.4 Å². The highest BCUT2D eigenvalue weighted by molar-refractivity contribution is 7.73. The minimum atomic E-state index is -0.0744. The lowest BCUT2D eigenvalue weighted by molar-refractivity contribution is -0.917. The van der Waals surface area contributed by atoms with Crippen LogP contribution in [0.5, 0.6) is 0 Å². The van der Waals surface area contributed by atoms with Crippen molar-refractivity contribution in [3.8, 4) is 0 Å². The summed E-state index contributed by atoms with van der Waals surface area (Å²) >= 11 is 6.94. The van der Waals surface area contributed by atoms with Gasteiger partial charge in [-0.2, -0.15) is 4.68 Å². The van der Waals surface area contributed by atoms with E-state index < -0.39 is 0 Å². The van der Waals surface area contributed by atoms with E-state index in [-0.39, 0.29) is 5.91 Å². The number of rotatable bonds is 7. The Labute approximate surface area is 173 Å². The van der Waals surface area contributed by atoms with E-state index in [4.69, 9.17) is 12.2 Å². The van der Waals surface area contributed by atoms with Crippen LogP contribution in [-0.2, 0) is 13.2 Å². The van der Waals surface area contributed by atoms with Crippen LogP contribution in [0.1, 0.15) is 21.5 Å². The molecule has 0 fully saturated rings. The van der Waals surface area contributed by atoms with Crippen LogP contribution in [0.3, 0.4) is 0 Å². The standard InChI is InChI=1S/C20H23N5OS2/c1-14-4-10-17(11-5-14)22-19-23-25(20(27)28-19)13-24(3)12-15-6-8-16(9-7-15)18(26)21-2/h4-11H,12-13H2,1-3H3,(H,21,26)(H,22,23)/p+1. The van der Waals surface area contributed by atoms with Gasteiger partial charge in [0.05, 0.1) is 7.05 Å². The van der Waals surface area contributed by atoms with Gasteiger partial charge in [0.25, 0.3) is 5.91 Å². The predicted octanol–water partition coefficient (Wildman–Crippen LogP) is 2.76. The fourth-order valence-corrected chi connectivity index (χ4v) is 3.82. The fourth-order valence-electron chi connectivity index (χ4n) is 2.80. The van der Waals surface area contributed by atoms with E-state index in [9.17, 15) is 4.79 Å². The first-order valence-electron chi connectivity index (χ1n) is 8.98. The number of amides is 1. The number of aromatic nitrogens is 2. The van der Waals surface area contributed by atoms with E-state index in [1.54, 1.807) is 7.05 Å². The molecular formula is C20H24N5OS2+. The van der Waals surface area contributed by atoms with Gasteiger partial charge in [0.1, 0.15) is 6.54 Å². The third-order valence-electron chi connectivity index (χ3n) is 4.28. The van der Waals surface area contributed by atoms with Crippen molar-refractivity contribution in [3.63, 3.8) is 0 Å². The minimum Gasteiger partial charge on any atom is -0.355 e. The predicted molar refractivity (Wildman–Crippen MR) is 116 cm³/mol. The second-order valence-electron chi connectivity index (χ2n) is 6.73. The van der Waals surface area contributed by atoms with Gasteiger partial charge in [-0.1, -0.05) is 41.2 Å². The highest BCUT2D eigenvalue weighted by atomic mass is 32.1. The zero-order chi connectivity index (χ0) is 20.1. The Balaban J connectivity index is 1.61. The molecule has 1 amide bonds. The number of quaternary nitrogens is 1. The van der Waals surface area contributed by atoms with Gasteiger partial charge < -0.3 is 15.5 Å². The van der Waals surface area contributed by atoms with Crippen molar-refractivity contribution in [3.05, 3.63) is 69.2 Å². The van der Waals surface area contributed by atoms with Crippen LogP contribution < -0.4 is 15.5 Å². The highest BCUT2D eigenvalue weighted by Gasteiger charge is 2.10. The number of nitrogens with one attached hydrogen (secondary N) is 3. The van der Waals surface area contributed by atoms with Gasteiger partial charge in [-0.15, -0.1) is 5.10 Å². The molecule has 0 saturated carbocycles. The summed E-state index contributed by atoms with van der Waals surface area (Å²) < 4.78 is 2.59. The fraction of sp³-hybridized carbons (Fsp3) is 0.250. The second kappa shape index (κ2) is 9.09. The van der Waals surface area contributed by atoms with Crippen LogP contribution in [0, 0.1) is 10.9 Å². The van der Waals surface area contributed by atoms with E-state index in [0.29, 0.717) is 12.2 Å². The number of nitrogens with zero attached hydrogens (tertiary/aromatic N) is 2. The maximum atomic E-state index is 11.6. The van der Waals surface area contributed by atoms with E-state index >= 15 is 0 Å². The van der Waals surface area contributed by atoms with Crippen LogP contribution in [0.15, 0.2) is 48.5 Å². The van der Waals surface area contributed by atoms with E-state index in [2.05, 4.69) is 41.8 Å². The van der Waals surface area contributed by atoms with Crippen molar-refractivity contribution in [1.29, 1.82) is 0 Å². The molecule has 6 nitrogen and oxygen atoms in total. The molecule has 3 aromatic rings. The Bertz CT molecular complexity index is 993. The minimum absolute atomic E-state index is 0.0744. The quantitative estimate of drug-likeness (QED) is 0.520. The molecule has 1 aromatic heterocycles. The van der Waals surface area contributed by atoms with Gasteiger partial charge in [0.2, 0.25) is 5.13 Å². The Kier molecular flexibility index (Phi) is 6.56. The lowest BCUT2D eigenvalue weighted by Gasteiger charge is -2.14. The topological polar surface area (TPSA) is 63.4 Å². The summed E-state index contributed by atoms with van der Waals surface area (Å²) in [5.74, 6) is -0.0744. The second-order valence-corrected chi connectivity index (χ2v) is 8.35. The number of hydrogen-bond acceptors (Lipinski definition) is 5. The highest BCUT2D eigenvalue weighted by Crippen LogP contribution is 2.20. The van der Waals surface area contributed by atoms with Gasteiger partial charge in [-0.3, -0.25) is 4.79 Å². The molecule has 8 heteroatoms. The molecule has 28 heavy (non-hydrogen) atoms. The molecule has 1 atom stereocenters. The Morgan fingerprint density at radius 1 is 1.18 bits per heavy atom. The Morgan fingerprint density at radius 3 is 2.50 bits per heavy atom. The molecule has 0 bridgehead atoms. The third kappa shape index (κ3) is 5.25. The molecule has 0 saturated heterocycles. The Morgan fingerprint density at radius 2 is 1.86 bits per heavy atom. The largest absolute Gasteiger partial charge is 0.355 e. The van der Waals surface area contributed by atoms with Crippen molar-refractivity contribution in [2.45, 2.75) is 20.1 Å². The number of anilines is 2. The zero-order valence-corrected chi connectivity index (χ0v) is 17.8. The summed E-state index contributed by atoms with van der Waals surface area (Å²) in [6.45, 7) is 3.54. The molecule has 2 aromatic carbocycles. The number of carbonyl (C=O) groups is 1. The maximum absolute atomic E-state index is 11.6. The van der Waals surface area contributed by atoms with Gasteiger partial charge >= 0.3 is 0 Å². The normalized spacial score (nSPS) is 11.8. The van der Waals surface area contributed by atoms with Crippen LogP contribution in [0.25, 0.3) is 0 Å². The van der Waals surface area contributed by atoms with Crippen LogP contribution in [-0.4, -0.2) is 29.8 Å². The third-order valence-corrected chi connectivity index (χ3v) is 5.50. The molecule has 0 radical (unpaired) electrons. The maximum Gasteiger partial charge on any atom is 0.251 e. The first-order valence-corrected chi connectivity index (χ1v) is 10.2. The van der Waals surface area contributed by atoms with Crippen molar-refractivity contribution in [2.75, 3.05) is 19.4 Å². The average molecular weight is 415 g/mol. The monoisotopic (exact) mass is 414 g/mol. The van der Waals surface area contributed by atoms with E-state index in [1.807, 2.05) is 41.1 Å². The van der Waals surface area contributed by atoms with E-state index in [1.165, 1.54) is 21.8 Å². The SMILES string of the molecule is CNC(=O)c1ccc(C[NH+](C)Cn2nc(Nc3ccc(C)cc3)sc2=S)cc1. The van der Waals surface area contributed by atoms with Gasteiger partial charge in [0, 0.05) is 23.9 Å². The smallest absolute Gasteiger partial charge is 0.251 e. The first-order chi connectivity index (χ1) is 13.4. The summed E-state index contributed by atoms with van der Waals surface area (Å²) in [5.41, 5.74) is 4.04.